The van der Waals surface area contributed by atoms with E-state index in [-0.39, 0.29) is 23.1 Å². The molecule has 0 bridgehead atoms. The number of pyridine rings is 1. The number of aromatic nitrogens is 4. The Labute approximate surface area is 190 Å². The number of rotatable bonds is 9. The first-order valence-electron chi connectivity index (χ1n) is 11.2. The van der Waals surface area contributed by atoms with E-state index in [2.05, 4.69) is 20.3 Å². The molecular weight excluding hydrogens is 426 g/mol. The Bertz CT molecular complexity index is 1250. The zero-order valence-electron chi connectivity index (χ0n) is 18.7. The predicted octanol–water partition coefficient (Wildman–Crippen LogP) is 3.14. The van der Waals surface area contributed by atoms with Crippen LogP contribution in [0.1, 0.15) is 72.2 Å². The number of fused-ring (bicyclic) bond motifs is 1. The van der Waals surface area contributed by atoms with Gasteiger partial charge in [0.15, 0.2) is 5.65 Å². The smallest absolute Gasteiger partial charge is 0.330 e. The minimum atomic E-state index is -0.566. The van der Waals surface area contributed by atoms with Gasteiger partial charge >= 0.3 is 5.69 Å². The third-order valence-corrected chi connectivity index (χ3v) is 6.55. The van der Waals surface area contributed by atoms with Crippen molar-refractivity contribution in [3.63, 3.8) is 0 Å². The Balaban J connectivity index is 1.57. The van der Waals surface area contributed by atoms with Crippen LogP contribution in [0.5, 0.6) is 0 Å². The molecule has 0 unspecified atom stereocenters. The first-order chi connectivity index (χ1) is 15.3. The molecule has 0 atom stereocenters. The quantitative estimate of drug-likeness (QED) is 0.482. The summed E-state index contributed by atoms with van der Waals surface area (Å²) in [6.07, 6.45) is 4.64. The fraction of sp³-hybridized carbons (Fsp3) is 0.522. The molecule has 3 heterocycles. The molecule has 0 radical (unpaired) electrons. The zero-order chi connectivity index (χ0) is 22.8. The summed E-state index contributed by atoms with van der Waals surface area (Å²) in [5.74, 6) is 0.173. The standard InChI is InChI=1S/C23H29N5O3S/c1-13(2)11-28-20-19(22(30)27-23(28)31)16(10-17(26-20)15-7-8-15)21(29)24-9-5-4-6-18-25-14(3)12-32-18/h10,12-13,15H,4-9,11H2,1-3H3,(H,24,29)(H,27,30,31). The van der Waals surface area contributed by atoms with Crippen LogP contribution in [-0.2, 0) is 13.0 Å². The van der Waals surface area contributed by atoms with E-state index >= 15 is 0 Å². The van der Waals surface area contributed by atoms with E-state index in [1.165, 1.54) is 4.57 Å². The van der Waals surface area contributed by atoms with Gasteiger partial charge in [-0.1, -0.05) is 13.8 Å². The van der Waals surface area contributed by atoms with E-state index in [1.54, 1.807) is 17.4 Å². The van der Waals surface area contributed by atoms with E-state index in [9.17, 15) is 14.4 Å². The van der Waals surface area contributed by atoms with Crippen molar-refractivity contribution in [1.29, 1.82) is 0 Å². The molecule has 2 N–H and O–H groups in total. The second-order valence-corrected chi connectivity index (χ2v) is 9.87. The SMILES string of the molecule is Cc1csc(CCCCNC(=O)c2cc(C3CC3)nc3c2c(=O)[nH]c(=O)n3CC(C)C)n1. The average Bonchev–Trinajstić information content (AvgIpc) is 3.51. The van der Waals surface area contributed by atoms with Crippen LogP contribution in [0.3, 0.4) is 0 Å². The van der Waals surface area contributed by atoms with E-state index in [0.717, 1.165) is 48.5 Å². The number of hydrogen-bond donors (Lipinski definition) is 2. The van der Waals surface area contributed by atoms with Crippen LogP contribution < -0.4 is 16.6 Å². The molecule has 0 spiro atoms. The maximum atomic E-state index is 13.1. The number of nitrogens with zero attached hydrogens (tertiary/aromatic N) is 3. The molecule has 1 aliphatic carbocycles. The number of unbranched alkanes of at least 4 members (excludes halogenated alkanes) is 1. The van der Waals surface area contributed by atoms with Crippen molar-refractivity contribution < 1.29 is 4.79 Å². The first-order valence-corrected chi connectivity index (χ1v) is 12.1. The number of H-pyrrole nitrogens is 1. The minimum Gasteiger partial charge on any atom is -0.352 e. The fourth-order valence-electron chi connectivity index (χ4n) is 3.81. The Morgan fingerprint density at radius 1 is 1.28 bits per heavy atom. The maximum Gasteiger partial charge on any atom is 0.330 e. The van der Waals surface area contributed by atoms with Crippen LogP contribution >= 0.6 is 11.3 Å². The number of aromatic amines is 1. The Hall–Kier alpha value is -2.81. The summed E-state index contributed by atoms with van der Waals surface area (Å²) in [5.41, 5.74) is 1.37. The number of nitrogens with one attached hydrogen (secondary N) is 2. The van der Waals surface area contributed by atoms with Crippen LogP contribution in [-0.4, -0.2) is 32.0 Å². The summed E-state index contributed by atoms with van der Waals surface area (Å²) in [6, 6.07) is 1.73. The molecule has 1 saturated carbocycles. The minimum absolute atomic E-state index is 0.186. The van der Waals surface area contributed by atoms with Gasteiger partial charge in [-0.2, -0.15) is 0 Å². The summed E-state index contributed by atoms with van der Waals surface area (Å²) in [7, 11) is 0. The molecule has 3 aromatic rings. The van der Waals surface area contributed by atoms with Gasteiger partial charge in [0.25, 0.3) is 11.5 Å². The molecule has 0 aromatic carbocycles. The molecule has 4 rings (SSSR count). The lowest BCUT2D eigenvalue weighted by Gasteiger charge is -2.14. The summed E-state index contributed by atoms with van der Waals surface area (Å²) < 4.78 is 1.49. The normalized spacial score (nSPS) is 13.8. The molecule has 1 aliphatic rings. The molecule has 32 heavy (non-hydrogen) atoms. The third kappa shape index (κ3) is 4.98. The largest absolute Gasteiger partial charge is 0.352 e. The van der Waals surface area contributed by atoms with Gasteiger partial charge in [0, 0.05) is 35.8 Å². The van der Waals surface area contributed by atoms with Crippen LogP contribution in [0, 0.1) is 12.8 Å². The molecule has 1 amide bonds. The van der Waals surface area contributed by atoms with E-state index in [4.69, 9.17) is 0 Å². The second-order valence-electron chi connectivity index (χ2n) is 8.93. The van der Waals surface area contributed by atoms with Crippen molar-refractivity contribution in [2.45, 2.75) is 65.3 Å². The van der Waals surface area contributed by atoms with Crippen LogP contribution in [0.4, 0.5) is 0 Å². The highest BCUT2D eigenvalue weighted by atomic mass is 32.1. The van der Waals surface area contributed by atoms with Gasteiger partial charge in [-0.3, -0.25) is 19.1 Å². The lowest BCUT2D eigenvalue weighted by molar-refractivity contribution is 0.0954. The highest BCUT2D eigenvalue weighted by Crippen LogP contribution is 2.39. The fourth-order valence-corrected chi connectivity index (χ4v) is 4.63. The summed E-state index contributed by atoms with van der Waals surface area (Å²) >= 11 is 1.66. The monoisotopic (exact) mass is 455 g/mol. The highest BCUT2D eigenvalue weighted by Gasteiger charge is 2.28. The lowest BCUT2D eigenvalue weighted by Crippen LogP contribution is -2.34. The van der Waals surface area contributed by atoms with Gasteiger partial charge < -0.3 is 5.32 Å². The number of amides is 1. The molecule has 3 aromatic heterocycles. The summed E-state index contributed by atoms with van der Waals surface area (Å²) in [4.78, 5) is 49.8. The molecular formula is C23H29N5O3S. The van der Waals surface area contributed by atoms with Gasteiger partial charge in [-0.05, 0) is 51.0 Å². The maximum absolute atomic E-state index is 13.1. The summed E-state index contributed by atoms with van der Waals surface area (Å²) in [5, 5.41) is 6.28. The number of carbonyl (C=O) groups excluding carboxylic acids is 1. The van der Waals surface area contributed by atoms with Crippen molar-refractivity contribution in [3.05, 3.63) is 54.2 Å². The van der Waals surface area contributed by atoms with E-state index < -0.39 is 11.2 Å². The molecule has 0 saturated heterocycles. The Morgan fingerprint density at radius 2 is 2.06 bits per heavy atom. The second kappa shape index (κ2) is 9.36. The third-order valence-electron chi connectivity index (χ3n) is 5.53. The van der Waals surface area contributed by atoms with Gasteiger partial charge in [-0.15, -0.1) is 11.3 Å². The van der Waals surface area contributed by atoms with Crippen molar-refractivity contribution in [2.75, 3.05) is 6.54 Å². The average molecular weight is 456 g/mol. The van der Waals surface area contributed by atoms with E-state index in [1.807, 2.05) is 26.2 Å². The summed E-state index contributed by atoms with van der Waals surface area (Å²) in [6.45, 7) is 6.90. The predicted molar refractivity (Wildman–Crippen MR) is 126 cm³/mol. The number of carbonyl (C=O) groups is 1. The van der Waals surface area contributed by atoms with Gasteiger partial charge in [0.05, 0.1) is 16.0 Å². The molecule has 0 aliphatic heterocycles. The Kier molecular flexibility index (Phi) is 6.55. The molecule has 170 valence electrons. The van der Waals surface area contributed by atoms with Crippen molar-refractivity contribution >= 4 is 28.3 Å². The molecule has 1 fully saturated rings. The topological polar surface area (TPSA) is 110 Å². The van der Waals surface area contributed by atoms with Crippen LogP contribution in [0.15, 0.2) is 21.0 Å². The van der Waals surface area contributed by atoms with Crippen molar-refractivity contribution in [1.82, 2.24) is 24.8 Å². The number of aryl methyl sites for hydroxylation is 2. The molecule has 9 heteroatoms. The van der Waals surface area contributed by atoms with Crippen molar-refractivity contribution in [3.8, 4) is 0 Å². The zero-order valence-corrected chi connectivity index (χ0v) is 19.6. The number of hydrogen-bond acceptors (Lipinski definition) is 6. The molecule has 8 nitrogen and oxygen atoms in total. The highest BCUT2D eigenvalue weighted by molar-refractivity contribution is 7.09. The van der Waals surface area contributed by atoms with Gasteiger partial charge in [-0.25, -0.2) is 14.8 Å². The Morgan fingerprint density at radius 3 is 2.72 bits per heavy atom. The van der Waals surface area contributed by atoms with Crippen LogP contribution in [0.25, 0.3) is 11.0 Å². The van der Waals surface area contributed by atoms with Gasteiger partial charge in [0.2, 0.25) is 0 Å². The lowest BCUT2D eigenvalue weighted by atomic mass is 10.1. The van der Waals surface area contributed by atoms with Crippen molar-refractivity contribution in [2.24, 2.45) is 5.92 Å². The first kappa shape index (κ1) is 22.4. The van der Waals surface area contributed by atoms with E-state index in [0.29, 0.717) is 24.3 Å². The van der Waals surface area contributed by atoms with Gasteiger partial charge in [0.1, 0.15) is 0 Å². The number of thiazole rings is 1. The van der Waals surface area contributed by atoms with Crippen LogP contribution in [0.2, 0.25) is 0 Å².